The van der Waals surface area contributed by atoms with E-state index in [0.717, 1.165) is 5.56 Å². The first-order valence-corrected chi connectivity index (χ1v) is 9.71. The highest BCUT2D eigenvalue weighted by molar-refractivity contribution is 6.31. The van der Waals surface area contributed by atoms with Gasteiger partial charge in [-0.2, -0.15) is 0 Å². The SMILES string of the molecule is CC(C)CN(C(=O)NC1CCC(C(=O)O)CC1)C(C)c1ccccc1Cl. The third-order valence-electron chi connectivity index (χ3n) is 5.05. The smallest absolute Gasteiger partial charge is 0.318 e. The molecule has 1 atom stereocenters. The highest BCUT2D eigenvalue weighted by Gasteiger charge is 2.29. The number of carbonyl (C=O) groups is 2. The summed E-state index contributed by atoms with van der Waals surface area (Å²) in [7, 11) is 0. The number of carboxylic acid groups (broad SMARTS) is 1. The molecular formula is C20H29ClN2O3. The zero-order valence-electron chi connectivity index (χ0n) is 15.7. The Bertz CT molecular complexity index is 627. The number of nitrogens with zero attached hydrogens (tertiary/aromatic N) is 1. The summed E-state index contributed by atoms with van der Waals surface area (Å²) in [4.78, 5) is 25.9. The minimum Gasteiger partial charge on any atom is -0.481 e. The van der Waals surface area contributed by atoms with Crippen molar-refractivity contribution in [1.29, 1.82) is 0 Å². The normalized spacial score (nSPS) is 21.3. The van der Waals surface area contributed by atoms with Gasteiger partial charge in [-0.1, -0.05) is 43.6 Å². The molecule has 1 fully saturated rings. The molecule has 5 nitrogen and oxygen atoms in total. The molecule has 0 spiro atoms. The number of nitrogens with one attached hydrogen (secondary N) is 1. The molecule has 0 aliphatic heterocycles. The van der Waals surface area contributed by atoms with E-state index in [1.165, 1.54) is 0 Å². The van der Waals surface area contributed by atoms with Crippen molar-refractivity contribution in [3.63, 3.8) is 0 Å². The van der Waals surface area contributed by atoms with Crippen LogP contribution in [0.15, 0.2) is 24.3 Å². The standard InChI is InChI=1S/C20H29ClN2O3/c1-13(2)12-23(14(3)17-6-4-5-7-18(17)21)20(26)22-16-10-8-15(9-11-16)19(24)25/h4-7,13-16H,8-12H2,1-3H3,(H,22,26)(H,24,25). The van der Waals surface area contributed by atoms with Crippen LogP contribution in [0.25, 0.3) is 0 Å². The average molecular weight is 381 g/mol. The van der Waals surface area contributed by atoms with Gasteiger partial charge in [0.25, 0.3) is 0 Å². The van der Waals surface area contributed by atoms with E-state index in [0.29, 0.717) is 43.2 Å². The van der Waals surface area contributed by atoms with Gasteiger partial charge in [-0.25, -0.2) is 4.79 Å². The Labute approximate surface area is 160 Å². The van der Waals surface area contributed by atoms with Crippen molar-refractivity contribution in [2.45, 2.75) is 58.5 Å². The van der Waals surface area contributed by atoms with Gasteiger partial charge in [-0.05, 0) is 50.2 Å². The highest BCUT2D eigenvalue weighted by atomic mass is 35.5. The minimum absolute atomic E-state index is 0.0335. The second kappa shape index (κ2) is 9.26. The minimum atomic E-state index is -0.733. The summed E-state index contributed by atoms with van der Waals surface area (Å²) >= 11 is 6.33. The van der Waals surface area contributed by atoms with Gasteiger partial charge in [-0.3, -0.25) is 4.79 Å². The first kappa shape index (κ1) is 20.6. The number of amides is 2. The zero-order chi connectivity index (χ0) is 19.3. The summed E-state index contributed by atoms with van der Waals surface area (Å²) < 4.78 is 0. The molecule has 6 heteroatoms. The van der Waals surface area contributed by atoms with Crippen LogP contribution in [0.3, 0.4) is 0 Å². The number of carbonyl (C=O) groups excluding carboxylic acids is 1. The van der Waals surface area contributed by atoms with Gasteiger partial charge in [0, 0.05) is 17.6 Å². The number of hydrogen-bond acceptors (Lipinski definition) is 2. The maximum atomic E-state index is 12.9. The quantitative estimate of drug-likeness (QED) is 0.750. The highest BCUT2D eigenvalue weighted by Crippen LogP contribution is 2.29. The Hall–Kier alpha value is -1.75. The molecule has 1 aliphatic carbocycles. The van der Waals surface area contributed by atoms with Crippen molar-refractivity contribution in [3.05, 3.63) is 34.9 Å². The Morgan fingerprint density at radius 3 is 2.35 bits per heavy atom. The number of aliphatic carboxylic acids is 1. The van der Waals surface area contributed by atoms with Crippen LogP contribution in [0.2, 0.25) is 5.02 Å². The summed E-state index contributed by atoms with van der Waals surface area (Å²) in [6.07, 6.45) is 2.65. The number of halogens is 1. The molecule has 2 rings (SSSR count). The van der Waals surface area contributed by atoms with Crippen LogP contribution in [0.5, 0.6) is 0 Å². The fraction of sp³-hybridized carbons (Fsp3) is 0.600. The van der Waals surface area contributed by atoms with Gasteiger partial charge >= 0.3 is 12.0 Å². The van der Waals surface area contributed by atoms with Crippen LogP contribution >= 0.6 is 11.6 Å². The fourth-order valence-electron chi connectivity index (χ4n) is 3.53. The van der Waals surface area contributed by atoms with Crippen LogP contribution in [-0.2, 0) is 4.79 Å². The molecule has 1 aromatic rings. The van der Waals surface area contributed by atoms with Crippen molar-refractivity contribution in [1.82, 2.24) is 10.2 Å². The molecule has 0 radical (unpaired) electrons. The number of benzene rings is 1. The van der Waals surface area contributed by atoms with Gasteiger partial charge in [0.2, 0.25) is 0 Å². The van der Waals surface area contributed by atoms with Crippen LogP contribution in [-0.4, -0.2) is 34.6 Å². The average Bonchev–Trinajstić information content (AvgIpc) is 2.59. The van der Waals surface area contributed by atoms with E-state index >= 15 is 0 Å². The van der Waals surface area contributed by atoms with E-state index in [9.17, 15) is 9.59 Å². The molecule has 0 heterocycles. The van der Waals surface area contributed by atoms with Crippen LogP contribution in [0.4, 0.5) is 4.79 Å². The van der Waals surface area contributed by atoms with E-state index in [-0.39, 0.29) is 24.0 Å². The lowest BCUT2D eigenvalue weighted by Crippen LogP contribution is -2.48. The molecular weight excluding hydrogens is 352 g/mol. The second-order valence-corrected chi connectivity index (χ2v) is 7.99. The van der Waals surface area contributed by atoms with Crippen LogP contribution in [0, 0.1) is 11.8 Å². The van der Waals surface area contributed by atoms with E-state index in [1.54, 1.807) is 0 Å². The monoisotopic (exact) mass is 380 g/mol. The first-order chi connectivity index (χ1) is 12.3. The van der Waals surface area contributed by atoms with E-state index in [2.05, 4.69) is 19.2 Å². The number of rotatable bonds is 6. The molecule has 26 heavy (non-hydrogen) atoms. The van der Waals surface area contributed by atoms with Crippen molar-refractivity contribution in [2.75, 3.05) is 6.54 Å². The van der Waals surface area contributed by atoms with Crippen LogP contribution < -0.4 is 5.32 Å². The summed E-state index contributed by atoms with van der Waals surface area (Å²) in [5, 5.41) is 12.9. The maximum absolute atomic E-state index is 12.9. The molecule has 0 bridgehead atoms. The summed E-state index contributed by atoms with van der Waals surface area (Å²) in [6, 6.07) is 7.39. The van der Waals surface area contributed by atoms with Crippen molar-refractivity contribution < 1.29 is 14.7 Å². The molecule has 0 saturated heterocycles. The number of urea groups is 1. The predicted octanol–water partition coefficient (Wildman–Crippen LogP) is 4.71. The molecule has 1 unspecified atom stereocenters. The largest absolute Gasteiger partial charge is 0.481 e. The van der Waals surface area contributed by atoms with Crippen molar-refractivity contribution in [2.24, 2.45) is 11.8 Å². The summed E-state index contributed by atoms with van der Waals surface area (Å²) in [5.74, 6) is -0.686. The molecule has 1 saturated carbocycles. The summed E-state index contributed by atoms with van der Waals surface area (Å²) in [6.45, 7) is 6.78. The van der Waals surface area contributed by atoms with Crippen LogP contribution in [0.1, 0.15) is 58.1 Å². The molecule has 1 aromatic carbocycles. The fourth-order valence-corrected chi connectivity index (χ4v) is 3.83. The molecule has 1 aliphatic rings. The van der Waals surface area contributed by atoms with Gasteiger partial charge in [0.05, 0.1) is 12.0 Å². The molecule has 2 N–H and O–H groups in total. The van der Waals surface area contributed by atoms with E-state index in [4.69, 9.17) is 16.7 Å². The third kappa shape index (κ3) is 5.37. The Kier molecular flexibility index (Phi) is 7.33. The second-order valence-electron chi connectivity index (χ2n) is 7.58. The van der Waals surface area contributed by atoms with E-state index < -0.39 is 5.97 Å². The lowest BCUT2D eigenvalue weighted by Gasteiger charge is -2.34. The Balaban J connectivity index is 2.05. The van der Waals surface area contributed by atoms with Gasteiger partial charge in [0.1, 0.15) is 0 Å². The molecule has 144 valence electrons. The van der Waals surface area contributed by atoms with E-state index in [1.807, 2.05) is 36.1 Å². The Morgan fingerprint density at radius 1 is 1.19 bits per heavy atom. The summed E-state index contributed by atoms with van der Waals surface area (Å²) in [5.41, 5.74) is 0.930. The predicted molar refractivity (Wildman–Crippen MR) is 103 cm³/mol. The van der Waals surface area contributed by atoms with Gasteiger partial charge < -0.3 is 15.3 Å². The molecule has 0 aromatic heterocycles. The third-order valence-corrected chi connectivity index (χ3v) is 5.39. The van der Waals surface area contributed by atoms with Crippen molar-refractivity contribution in [3.8, 4) is 0 Å². The topological polar surface area (TPSA) is 69.6 Å². The lowest BCUT2D eigenvalue weighted by atomic mass is 9.86. The van der Waals surface area contributed by atoms with Crippen molar-refractivity contribution >= 4 is 23.6 Å². The first-order valence-electron chi connectivity index (χ1n) is 9.34. The zero-order valence-corrected chi connectivity index (χ0v) is 16.5. The number of hydrogen-bond donors (Lipinski definition) is 2. The lowest BCUT2D eigenvalue weighted by molar-refractivity contribution is -0.142. The Morgan fingerprint density at radius 2 is 1.81 bits per heavy atom. The van der Waals surface area contributed by atoms with Gasteiger partial charge in [-0.15, -0.1) is 0 Å². The maximum Gasteiger partial charge on any atom is 0.318 e. The van der Waals surface area contributed by atoms with Gasteiger partial charge in [0.15, 0.2) is 0 Å². The number of carboxylic acids is 1. The molecule has 2 amide bonds.